The molecule has 0 spiro atoms. The van der Waals surface area contributed by atoms with E-state index in [1.54, 1.807) is 24.3 Å². The monoisotopic (exact) mass is 495 g/mol. The molecule has 0 aliphatic rings. The van der Waals surface area contributed by atoms with Gasteiger partial charge in [0, 0.05) is 17.8 Å². The van der Waals surface area contributed by atoms with Crippen molar-refractivity contribution in [3.63, 3.8) is 0 Å². The maximum Gasteiger partial charge on any atom is 0.251 e. The van der Waals surface area contributed by atoms with E-state index in [2.05, 4.69) is 27.4 Å². The summed E-state index contributed by atoms with van der Waals surface area (Å²) in [5.41, 5.74) is 3.29. The fraction of sp³-hybridized carbons (Fsp3) is 0.280. The van der Waals surface area contributed by atoms with E-state index in [1.165, 1.54) is 26.0 Å². The third-order valence-electron chi connectivity index (χ3n) is 5.16. The van der Waals surface area contributed by atoms with Crippen LogP contribution in [-0.4, -0.2) is 46.6 Å². The van der Waals surface area contributed by atoms with Crippen molar-refractivity contribution in [3.8, 4) is 11.5 Å². The summed E-state index contributed by atoms with van der Waals surface area (Å²) in [5, 5.41) is 14.8. The molecule has 0 bridgehead atoms. The summed E-state index contributed by atoms with van der Waals surface area (Å²) in [4.78, 5) is 25.2. The fourth-order valence-corrected chi connectivity index (χ4v) is 4.06. The normalized spacial score (nSPS) is 10.5. The maximum absolute atomic E-state index is 12.7. The van der Waals surface area contributed by atoms with Crippen molar-refractivity contribution < 1.29 is 19.1 Å². The number of hydrogen-bond donors (Lipinski definition) is 2. The first-order valence-electron chi connectivity index (χ1n) is 10.9. The van der Waals surface area contributed by atoms with Gasteiger partial charge >= 0.3 is 0 Å². The predicted octanol–water partition coefficient (Wildman–Crippen LogP) is 3.76. The van der Waals surface area contributed by atoms with E-state index in [1.807, 2.05) is 36.6 Å². The first-order valence-corrected chi connectivity index (χ1v) is 11.9. The summed E-state index contributed by atoms with van der Waals surface area (Å²) in [6, 6.07) is 10.9. The molecule has 3 rings (SSSR count). The van der Waals surface area contributed by atoms with Crippen LogP contribution in [0.25, 0.3) is 0 Å². The van der Waals surface area contributed by atoms with Crippen LogP contribution in [0.5, 0.6) is 11.5 Å². The van der Waals surface area contributed by atoms with E-state index < -0.39 is 0 Å². The van der Waals surface area contributed by atoms with Gasteiger partial charge in [0.2, 0.25) is 5.91 Å². The molecule has 0 saturated heterocycles. The molecule has 2 N–H and O–H groups in total. The smallest absolute Gasteiger partial charge is 0.251 e. The molecular formula is C25H29N5O4S. The molecule has 0 aliphatic heterocycles. The molecule has 184 valence electrons. The molecular weight excluding hydrogens is 466 g/mol. The van der Waals surface area contributed by atoms with E-state index in [-0.39, 0.29) is 24.1 Å². The van der Waals surface area contributed by atoms with Crippen molar-refractivity contribution in [1.29, 1.82) is 0 Å². The molecule has 9 nitrogen and oxygen atoms in total. The van der Waals surface area contributed by atoms with Crippen molar-refractivity contribution in [2.45, 2.75) is 32.1 Å². The minimum Gasteiger partial charge on any atom is -0.493 e. The van der Waals surface area contributed by atoms with E-state index in [9.17, 15) is 9.59 Å². The summed E-state index contributed by atoms with van der Waals surface area (Å²) in [5.74, 6) is 1.30. The number of nitrogens with one attached hydrogen (secondary N) is 2. The van der Waals surface area contributed by atoms with Crippen LogP contribution in [0.2, 0.25) is 0 Å². The molecule has 35 heavy (non-hydrogen) atoms. The zero-order chi connectivity index (χ0) is 25.4. The number of benzene rings is 2. The van der Waals surface area contributed by atoms with Crippen LogP contribution in [0, 0.1) is 13.8 Å². The fourth-order valence-electron chi connectivity index (χ4n) is 3.29. The summed E-state index contributed by atoms with van der Waals surface area (Å²) in [6.07, 6.45) is 1.71. The molecule has 0 unspecified atom stereocenters. The van der Waals surface area contributed by atoms with Gasteiger partial charge in [0.15, 0.2) is 22.5 Å². The van der Waals surface area contributed by atoms with Crippen molar-refractivity contribution >= 4 is 29.3 Å². The first kappa shape index (κ1) is 25.8. The number of carbonyl (C=O) groups excluding carboxylic acids is 2. The SMILES string of the molecule is C=CCn1c(CNC(=O)c2ccc(OC)c(OC)c2)nnc1SCC(=O)Nc1cc(C)ccc1C. The molecule has 0 fully saturated rings. The Morgan fingerprint density at radius 2 is 1.86 bits per heavy atom. The number of rotatable bonds is 11. The average molecular weight is 496 g/mol. The lowest BCUT2D eigenvalue weighted by Gasteiger charge is -2.11. The lowest BCUT2D eigenvalue weighted by Crippen LogP contribution is -2.25. The van der Waals surface area contributed by atoms with Gasteiger partial charge in [-0.15, -0.1) is 16.8 Å². The minimum absolute atomic E-state index is 0.139. The molecule has 2 aromatic carbocycles. The summed E-state index contributed by atoms with van der Waals surface area (Å²) in [7, 11) is 3.05. The number of aromatic nitrogens is 3. The van der Waals surface area contributed by atoms with Crippen molar-refractivity contribution in [1.82, 2.24) is 20.1 Å². The molecule has 0 saturated carbocycles. The second kappa shape index (κ2) is 12.1. The van der Waals surface area contributed by atoms with E-state index >= 15 is 0 Å². The largest absolute Gasteiger partial charge is 0.493 e. The van der Waals surface area contributed by atoms with Gasteiger partial charge in [-0.3, -0.25) is 9.59 Å². The Morgan fingerprint density at radius 1 is 1.09 bits per heavy atom. The lowest BCUT2D eigenvalue weighted by molar-refractivity contribution is -0.113. The van der Waals surface area contributed by atoms with E-state index in [0.717, 1.165) is 16.8 Å². The number of nitrogens with zero attached hydrogens (tertiary/aromatic N) is 3. The van der Waals surface area contributed by atoms with Crippen molar-refractivity contribution in [3.05, 3.63) is 71.6 Å². The second-order valence-electron chi connectivity index (χ2n) is 7.71. The number of amides is 2. The van der Waals surface area contributed by atoms with Crippen LogP contribution in [0.1, 0.15) is 27.3 Å². The Labute approximate surface area is 208 Å². The Bertz CT molecular complexity index is 1220. The number of ether oxygens (including phenoxy) is 2. The topological polar surface area (TPSA) is 107 Å². The summed E-state index contributed by atoms with van der Waals surface area (Å²) in [6.45, 7) is 8.31. The van der Waals surface area contributed by atoms with Crippen LogP contribution in [0.15, 0.2) is 54.2 Å². The number of methoxy groups -OCH3 is 2. The van der Waals surface area contributed by atoms with Gasteiger partial charge in [0.1, 0.15) is 0 Å². The molecule has 10 heteroatoms. The van der Waals surface area contributed by atoms with Gasteiger partial charge in [-0.2, -0.15) is 0 Å². The zero-order valence-electron chi connectivity index (χ0n) is 20.3. The molecule has 1 aromatic heterocycles. The van der Waals surface area contributed by atoms with Crippen LogP contribution < -0.4 is 20.1 Å². The third-order valence-corrected chi connectivity index (χ3v) is 6.12. The van der Waals surface area contributed by atoms with E-state index in [4.69, 9.17) is 9.47 Å². The number of allylic oxidation sites excluding steroid dienone is 1. The van der Waals surface area contributed by atoms with Gasteiger partial charge in [0.25, 0.3) is 5.91 Å². The predicted molar refractivity (Wildman–Crippen MR) is 136 cm³/mol. The Kier molecular flexibility index (Phi) is 8.91. The number of aryl methyl sites for hydroxylation is 2. The number of hydrogen-bond acceptors (Lipinski definition) is 7. The average Bonchev–Trinajstić information content (AvgIpc) is 3.24. The lowest BCUT2D eigenvalue weighted by atomic mass is 10.1. The molecule has 1 heterocycles. The highest BCUT2D eigenvalue weighted by atomic mass is 32.2. The number of anilines is 1. The van der Waals surface area contributed by atoms with Crippen molar-refractivity contribution in [2.24, 2.45) is 0 Å². The van der Waals surface area contributed by atoms with Gasteiger partial charge in [-0.1, -0.05) is 30.0 Å². The van der Waals surface area contributed by atoms with Crippen LogP contribution in [0.4, 0.5) is 5.69 Å². The molecule has 0 radical (unpaired) electrons. The Morgan fingerprint density at radius 3 is 2.57 bits per heavy atom. The van der Waals surface area contributed by atoms with Crippen LogP contribution >= 0.6 is 11.8 Å². The highest BCUT2D eigenvalue weighted by Crippen LogP contribution is 2.27. The molecule has 0 aliphatic carbocycles. The minimum atomic E-state index is -0.291. The number of carbonyl (C=O) groups is 2. The Hall–Kier alpha value is -3.79. The summed E-state index contributed by atoms with van der Waals surface area (Å²) < 4.78 is 12.3. The highest BCUT2D eigenvalue weighted by molar-refractivity contribution is 7.99. The van der Waals surface area contributed by atoms with Gasteiger partial charge in [0.05, 0.1) is 26.5 Å². The Balaban J connectivity index is 1.64. The van der Waals surface area contributed by atoms with Gasteiger partial charge in [-0.05, 0) is 49.2 Å². The molecule has 0 atom stereocenters. The highest BCUT2D eigenvalue weighted by Gasteiger charge is 2.16. The standard InChI is InChI=1S/C25H29N5O4S/c1-6-11-30-22(14-26-24(32)18-9-10-20(33-4)21(13-18)34-5)28-29-25(30)35-15-23(31)27-19-12-16(2)7-8-17(19)3/h6-10,12-13H,1,11,14-15H2,2-5H3,(H,26,32)(H,27,31). The van der Waals surface area contributed by atoms with Crippen LogP contribution in [-0.2, 0) is 17.9 Å². The summed E-state index contributed by atoms with van der Waals surface area (Å²) >= 11 is 1.27. The second-order valence-corrected chi connectivity index (χ2v) is 8.65. The van der Waals surface area contributed by atoms with Crippen LogP contribution in [0.3, 0.4) is 0 Å². The first-order chi connectivity index (χ1) is 16.9. The van der Waals surface area contributed by atoms with E-state index in [0.29, 0.717) is 34.6 Å². The molecule has 3 aromatic rings. The van der Waals surface area contributed by atoms with Gasteiger partial charge in [-0.25, -0.2) is 0 Å². The third kappa shape index (κ3) is 6.63. The maximum atomic E-state index is 12.7. The quantitative estimate of drug-likeness (QED) is 0.308. The van der Waals surface area contributed by atoms with Gasteiger partial charge < -0.3 is 24.7 Å². The van der Waals surface area contributed by atoms with Crippen molar-refractivity contribution in [2.75, 3.05) is 25.3 Å². The molecule has 2 amide bonds. The number of thioether (sulfide) groups is 1. The zero-order valence-corrected chi connectivity index (χ0v) is 21.1.